The molecule has 3 aromatic heterocycles. The number of nitrogens with one attached hydrogen (secondary N) is 1. The summed E-state index contributed by atoms with van der Waals surface area (Å²) >= 11 is 0. The molecule has 3 heterocycles. The van der Waals surface area contributed by atoms with Gasteiger partial charge in [0.25, 0.3) is 10.0 Å². The van der Waals surface area contributed by atoms with Gasteiger partial charge >= 0.3 is 0 Å². The number of ether oxygens (including phenoxy) is 1. The SMILES string of the molecule is Cc1cc(C)n(-c2cc(Oc3ccc(NS(=O)(=O)c4ccc(-c5coc(C)n5)cc4)cc3)nc(C)n2)n1. The van der Waals surface area contributed by atoms with Gasteiger partial charge in [0.1, 0.15) is 23.5 Å². The predicted molar refractivity (Wildman–Crippen MR) is 137 cm³/mol. The Kier molecular flexibility index (Phi) is 6.22. The summed E-state index contributed by atoms with van der Waals surface area (Å²) in [4.78, 5) is 13.2. The Labute approximate surface area is 214 Å². The molecular weight excluding hydrogens is 492 g/mol. The minimum atomic E-state index is -3.79. The highest BCUT2D eigenvalue weighted by Gasteiger charge is 2.15. The lowest BCUT2D eigenvalue weighted by atomic mass is 10.2. The van der Waals surface area contributed by atoms with Crippen LogP contribution in [0.3, 0.4) is 0 Å². The van der Waals surface area contributed by atoms with Crippen LogP contribution < -0.4 is 9.46 Å². The van der Waals surface area contributed by atoms with Crippen molar-refractivity contribution in [1.82, 2.24) is 24.7 Å². The van der Waals surface area contributed by atoms with Crippen molar-refractivity contribution < 1.29 is 17.6 Å². The standard InChI is InChI=1S/C26H24N6O4S/c1-16-13-17(2)32(30-16)25-14-26(28-18(3)27-25)36-22-9-7-21(8-10-22)31-37(33,34)23-11-5-20(6-12-23)24-15-35-19(4)29-24/h5-15,31H,1-4H3. The van der Waals surface area contributed by atoms with Crippen LogP contribution in [0.2, 0.25) is 0 Å². The molecular formula is C26H24N6O4S. The second-order valence-electron chi connectivity index (χ2n) is 8.46. The van der Waals surface area contributed by atoms with Crippen molar-refractivity contribution in [2.75, 3.05) is 4.72 Å². The summed E-state index contributed by atoms with van der Waals surface area (Å²) in [5.41, 5.74) is 3.63. The first-order valence-electron chi connectivity index (χ1n) is 11.4. The third-order valence-electron chi connectivity index (χ3n) is 5.44. The van der Waals surface area contributed by atoms with E-state index in [0.717, 1.165) is 17.0 Å². The first-order valence-corrected chi connectivity index (χ1v) is 12.9. The number of nitrogens with zero attached hydrogens (tertiary/aromatic N) is 5. The highest BCUT2D eigenvalue weighted by molar-refractivity contribution is 7.92. The largest absolute Gasteiger partial charge is 0.449 e. The molecule has 5 aromatic rings. The van der Waals surface area contributed by atoms with Crippen LogP contribution >= 0.6 is 0 Å². The topological polar surface area (TPSA) is 125 Å². The molecule has 11 heteroatoms. The Bertz CT molecular complexity index is 1670. The maximum Gasteiger partial charge on any atom is 0.261 e. The van der Waals surface area contributed by atoms with E-state index in [-0.39, 0.29) is 4.90 Å². The van der Waals surface area contributed by atoms with Gasteiger partial charge in [0.15, 0.2) is 11.7 Å². The van der Waals surface area contributed by atoms with Crippen LogP contribution in [0.15, 0.2) is 76.2 Å². The summed E-state index contributed by atoms with van der Waals surface area (Å²) in [6, 6.07) is 16.7. The molecule has 0 saturated heterocycles. The van der Waals surface area contributed by atoms with Crippen molar-refractivity contribution in [2.24, 2.45) is 0 Å². The third kappa shape index (κ3) is 5.36. The van der Waals surface area contributed by atoms with Crippen LogP contribution in [0.4, 0.5) is 5.69 Å². The number of benzene rings is 2. The smallest absolute Gasteiger partial charge is 0.261 e. The molecule has 188 valence electrons. The molecule has 5 rings (SSSR count). The second-order valence-corrected chi connectivity index (χ2v) is 10.1. The third-order valence-corrected chi connectivity index (χ3v) is 6.83. The molecule has 0 amide bonds. The lowest BCUT2D eigenvalue weighted by molar-refractivity contribution is 0.459. The highest BCUT2D eigenvalue weighted by Crippen LogP contribution is 2.26. The average molecular weight is 517 g/mol. The van der Waals surface area contributed by atoms with E-state index < -0.39 is 10.0 Å². The molecule has 10 nitrogen and oxygen atoms in total. The van der Waals surface area contributed by atoms with E-state index in [1.807, 2.05) is 19.9 Å². The summed E-state index contributed by atoms with van der Waals surface area (Å²) in [5.74, 6) is 2.52. The molecule has 0 spiro atoms. The van der Waals surface area contributed by atoms with Crippen LogP contribution in [0.25, 0.3) is 17.1 Å². The van der Waals surface area contributed by atoms with Crippen LogP contribution in [0, 0.1) is 27.7 Å². The summed E-state index contributed by atoms with van der Waals surface area (Å²) in [7, 11) is -3.79. The molecule has 37 heavy (non-hydrogen) atoms. The monoisotopic (exact) mass is 516 g/mol. The van der Waals surface area contributed by atoms with E-state index in [2.05, 4.69) is 24.8 Å². The Morgan fingerprint density at radius 2 is 1.62 bits per heavy atom. The number of anilines is 1. The number of hydrogen-bond acceptors (Lipinski definition) is 8. The maximum atomic E-state index is 12.9. The van der Waals surface area contributed by atoms with Gasteiger partial charge in [-0.1, -0.05) is 12.1 Å². The summed E-state index contributed by atoms with van der Waals surface area (Å²) in [6.07, 6.45) is 1.53. The lowest BCUT2D eigenvalue weighted by Crippen LogP contribution is -2.12. The van der Waals surface area contributed by atoms with Crippen LogP contribution in [-0.4, -0.2) is 33.2 Å². The number of hydrogen-bond donors (Lipinski definition) is 1. The van der Waals surface area contributed by atoms with E-state index in [4.69, 9.17) is 9.15 Å². The van der Waals surface area contributed by atoms with E-state index in [9.17, 15) is 8.42 Å². The van der Waals surface area contributed by atoms with Crippen molar-refractivity contribution in [2.45, 2.75) is 32.6 Å². The fraction of sp³-hybridized carbons (Fsp3) is 0.154. The van der Waals surface area contributed by atoms with Crippen LogP contribution in [0.5, 0.6) is 11.6 Å². The van der Waals surface area contributed by atoms with Gasteiger partial charge in [-0.2, -0.15) is 10.1 Å². The number of sulfonamides is 1. The first-order chi connectivity index (χ1) is 17.7. The molecule has 0 aliphatic heterocycles. The fourth-order valence-corrected chi connectivity index (χ4v) is 4.83. The van der Waals surface area contributed by atoms with Gasteiger partial charge in [0.05, 0.1) is 10.6 Å². The van der Waals surface area contributed by atoms with E-state index in [1.165, 1.54) is 18.4 Å². The van der Waals surface area contributed by atoms with E-state index >= 15 is 0 Å². The molecule has 0 unspecified atom stereocenters. The summed E-state index contributed by atoms with van der Waals surface area (Å²) in [6.45, 7) is 7.39. The molecule has 0 atom stereocenters. The Morgan fingerprint density at radius 3 is 2.24 bits per heavy atom. The zero-order chi connectivity index (χ0) is 26.2. The first kappa shape index (κ1) is 24.2. The van der Waals surface area contributed by atoms with Gasteiger partial charge in [-0.05, 0) is 63.2 Å². The quantitative estimate of drug-likeness (QED) is 0.315. The molecule has 0 radical (unpaired) electrons. The van der Waals surface area contributed by atoms with Crippen LogP contribution in [0.1, 0.15) is 23.1 Å². The van der Waals surface area contributed by atoms with Crippen molar-refractivity contribution >= 4 is 15.7 Å². The Balaban J connectivity index is 1.29. The zero-order valence-corrected chi connectivity index (χ0v) is 21.4. The minimum absolute atomic E-state index is 0.130. The zero-order valence-electron chi connectivity index (χ0n) is 20.6. The number of oxazole rings is 1. The number of rotatable bonds is 7. The molecule has 0 saturated carbocycles. The van der Waals surface area contributed by atoms with Gasteiger partial charge in [-0.15, -0.1) is 0 Å². The van der Waals surface area contributed by atoms with E-state index in [0.29, 0.717) is 40.5 Å². The van der Waals surface area contributed by atoms with Gasteiger partial charge in [-0.25, -0.2) is 23.1 Å². The molecule has 0 fully saturated rings. The van der Waals surface area contributed by atoms with Crippen molar-refractivity contribution in [3.8, 4) is 28.7 Å². The lowest BCUT2D eigenvalue weighted by Gasteiger charge is -2.11. The van der Waals surface area contributed by atoms with Gasteiger partial charge in [0.2, 0.25) is 5.88 Å². The number of aromatic nitrogens is 5. The molecule has 0 aliphatic rings. The van der Waals surface area contributed by atoms with Crippen molar-refractivity contribution in [3.63, 3.8) is 0 Å². The van der Waals surface area contributed by atoms with E-state index in [1.54, 1.807) is 61.0 Å². The maximum absolute atomic E-state index is 12.9. The van der Waals surface area contributed by atoms with Gasteiger partial charge < -0.3 is 9.15 Å². The fourth-order valence-electron chi connectivity index (χ4n) is 3.77. The molecule has 0 aliphatic carbocycles. The minimum Gasteiger partial charge on any atom is -0.449 e. The summed E-state index contributed by atoms with van der Waals surface area (Å²) in [5, 5.41) is 4.46. The Morgan fingerprint density at radius 1 is 0.892 bits per heavy atom. The molecule has 1 N–H and O–H groups in total. The summed E-state index contributed by atoms with van der Waals surface area (Å²) < 4.78 is 41.2. The predicted octanol–water partition coefficient (Wildman–Crippen LogP) is 5.14. The van der Waals surface area contributed by atoms with Gasteiger partial charge in [-0.3, -0.25) is 4.72 Å². The van der Waals surface area contributed by atoms with Gasteiger partial charge in [0, 0.05) is 29.9 Å². The number of aryl methyl sites for hydroxylation is 4. The molecule has 2 aromatic carbocycles. The average Bonchev–Trinajstić information content (AvgIpc) is 3.44. The highest BCUT2D eigenvalue weighted by atomic mass is 32.2. The van der Waals surface area contributed by atoms with Crippen LogP contribution in [-0.2, 0) is 10.0 Å². The van der Waals surface area contributed by atoms with Crippen molar-refractivity contribution in [1.29, 1.82) is 0 Å². The normalized spacial score (nSPS) is 11.5. The van der Waals surface area contributed by atoms with Crippen molar-refractivity contribution in [3.05, 3.63) is 90.0 Å². The molecule has 0 bridgehead atoms. The second kappa shape index (κ2) is 9.51. The Hall–Kier alpha value is -4.51.